The van der Waals surface area contributed by atoms with Crippen molar-refractivity contribution in [1.82, 2.24) is 15.2 Å². The van der Waals surface area contributed by atoms with Crippen LogP contribution >= 0.6 is 0 Å². The lowest BCUT2D eigenvalue weighted by Gasteiger charge is -2.16. The van der Waals surface area contributed by atoms with E-state index in [0.29, 0.717) is 19.6 Å². The number of methoxy groups -OCH3 is 1. The minimum Gasteiger partial charge on any atom is -0.497 e. The SMILES string of the molecule is COc1cccc(CN(C)CC(=O)NCc2cccnc2)c1. The number of carbonyl (C=O) groups is 1. The molecule has 0 aliphatic rings. The molecular formula is C17H21N3O2. The van der Waals surface area contributed by atoms with Crippen molar-refractivity contribution in [3.63, 3.8) is 0 Å². The largest absolute Gasteiger partial charge is 0.497 e. The minimum absolute atomic E-state index is 0.00532. The minimum atomic E-state index is -0.00532. The number of nitrogens with one attached hydrogen (secondary N) is 1. The number of pyridine rings is 1. The van der Waals surface area contributed by atoms with Crippen molar-refractivity contribution >= 4 is 5.91 Å². The van der Waals surface area contributed by atoms with Crippen molar-refractivity contribution in [2.75, 3.05) is 20.7 Å². The summed E-state index contributed by atoms with van der Waals surface area (Å²) in [5.74, 6) is 0.821. The van der Waals surface area contributed by atoms with Crippen LogP contribution in [0.1, 0.15) is 11.1 Å². The van der Waals surface area contributed by atoms with E-state index in [-0.39, 0.29) is 5.91 Å². The van der Waals surface area contributed by atoms with Crippen molar-refractivity contribution in [2.45, 2.75) is 13.1 Å². The molecule has 0 atom stereocenters. The van der Waals surface area contributed by atoms with E-state index in [1.54, 1.807) is 19.5 Å². The van der Waals surface area contributed by atoms with E-state index >= 15 is 0 Å². The van der Waals surface area contributed by atoms with Gasteiger partial charge in [-0.25, -0.2) is 0 Å². The molecule has 5 heteroatoms. The number of carbonyl (C=O) groups excluding carboxylic acids is 1. The molecule has 0 spiro atoms. The van der Waals surface area contributed by atoms with Crippen LogP contribution in [0.4, 0.5) is 0 Å². The Morgan fingerprint density at radius 2 is 2.09 bits per heavy atom. The van der Waals surface area contributed by atoms with Gasteiger partial charge in [0.1, 0.15) is 5.75 Å². The number of nitrogens with zero attached hydrogens (tertiary/aromatic N) is 2. The van der Waals surface area contributed by atoms with Crippen LogP contribution in [-0.4, -0.2) is 36.5 Å². The summed E-state index contributed by atoms with van der Waals surface area (Å²) < 4.78 is 5.20. The number of amides is 1. The van der Waals surface area contributed by atoms with E-state index in [4.69, 9.17) is 4.74 Å². The maximum atomic E-state index is 11.9. The first-order valence-corrected chi connectivity index (χ1v) is 7.14. The van der Waals surface area contributed by atoms with Crippen LogP contribution in [-0.2, 0) is 17.9 Å². The predicted octanol–water partition coefficient (Wildman–Crippen LogP) is 1.84. The van der Waals surface area contributed by atoms with Gasteiger partial charge in [0.25, 0.3) is 0 Å². The van der Waals surface area contributed by atoms with Crippen molar-refractivity contribution in [2.24, 2.45) is 0 Å². The summed E-state index contributed by atoms with van der Waals surface area (Å²) in [4.78, 5) is 17.9. The van der Waals surface area contributed by atoms with Crippen LogP contribution in [0.2, 0.25) is 0 Å². The number of hydrogen-bond acceptors (Lipinski definition) is 4. The number of ether oxygens (including phenoxy) is 1. The monoisotopic (exact) mass is 299 g/mol. The lowest BCUT2D eigenvalue weighted by atomic mass is 10.2. The molecular weight excluding hydrogens is 278 g/mol. The molecule has 2 rings (SSSR count). The standard InChI is InChI=1S/C17H21N3O2/c1-20(12-14-5-3-7-16(9-14)22-2)13-17(21)19-11-15-6-4-8-18-10-15/h3-10H,11-13H2,1-2H3,(H,19,21). The zero-order valence-electron chi connectivity index (χ0n) is 13.0. The third-order valence-electron chi connectivity index (χ3n) is 3.21. The van der Waals surface area contributed by atoms with Crippen LogP contribution in [0, 0.1) is 0 Å². The van der Waals surface area contributed by atoms with E-state index in [1.165, 1.54) is 0 Å². The molecule has 1 aromatic carbocycles. The lowest BCUT2D eigenvalue weighted by molar-refractivity contribution is -0.122. The Morgan fingerprint density at radius 3 is 2.82 bits per heavy atom. The third kappa shape index (κ3) is 5.18. The van der Waals surface area contributed by atoms with Gasteiger partial charge in [-0.15, -0.1) is 0 Å². The summed E-state index contributed by atoms with van der Waals surface area (Å²) in [6.45, 7) is 1.54. The van der Waals surface area contributed by atoms with E-state index in [1.807, 2.05) is 48.3 Å². The predicted molar refractivity (Wildman–Crippen MR) is 85.4 cm³/mol. The summed E-state index contributed by atoms with van der Waals surface area (Å²) in [6, 6.07) is 11.6. The zero-order valence-corrected chi connectivity index (χ0v) is 13.0. The van der Waals surface area contributed by atoms with Crippen LogP contribution in [0.5, 0.6) is 5.75 Å². The second-order valence-electron chi connectivity index (χ2n) is 5.16. The van der Waals surface area contributed by atoms with Crippen LogP contribution < -0.4 is 10.1 Å². The number of benzene rings is 1. The highest BCUT2D eigenvalue weighted by Gasteiger charge is 2.07. The second kappa shape index (κ2) is 8.14. The first kappa shape index (κ1) is 16.0. The highest BCUT2D eigenvalue weighted by Crippen LogP contribution is 2.13. The molecule has 0 saturated carbocycles. The average molecular weight is 299 g/mol. The maximum absolute atomic E-state index is 11.9. The van der Waals surface area contributed by atoms with Crippen molar-refractivity contribution in [3.8, 4) is 5.75 Å². The van der Waals surface area contributed by atoms with Gasteiger partial charge in [-0.3, -0.25) is 14.7 Å². The fourth-order valence-electron chi connectivity index (χ4n) is 2.14. The molecule has 1 N–H and O–H groups in total. The summed E-state index contributed by atoms with van der Waals surface area (Å²) >= 11 is 0. The summed E-state index contributed by atoms with van der Waals surface area (Å²) in [6.07, 6.45) is 3.47. The number of hydrogen-bond donors (Lipinski definition) is 1. The molecule has 22 heavy (non-hydrogen) atoms. The van der Waals surface area contributed by atoms with Crippen molar-refractivity contribution in [3.05, 3.63) is 59.9 Å². The Hall–Kier alpha value is -2.40. The number of aromatic nitrogens is 1. The van der Waals surface area contributed by atoms with Crippen LogP contribution in [0.3, 0.4) is 0 Å². The first-order chi connectivity index (χ1) is 10.7. The molecule has 0 unspecified atom stereocenters. The maximum Gasteiger partial charge on any atom is 0.234 e. The molecule has 1 aromatic heterocycles. The first-order valence-electron chi connectivity index (χ1n) is 7.14. The molecule has 1 heterocycles. The summed E-state index contributed by atoms with van der Waals surface area (Å²) in [5, 5.41) is 2.89. The van der Waals surface area contributed by atoms with Gasteiger partial charge in [0, 0.05) is 25.5 Å². The van der Waals surface area contributed by atoms with E-state index in [2.05, 4.69) is 10.3 Å². The van der Waals surface area contributed by atoms with Gasteiger partial charge in [0.15, 0.2) is 0 Å². The van der Waals surface area contributed by atoms with Gasteiger partial charge in [-0.2, -0.15) is 0 Å². The van der Waals surface area contributed by atoms with Crippen molar-refractivity contribution < 1.29 is 9.53 Å². The van der Waals surface area contributed by atoms with E-state index in [9.17, 15) is 4.79 Å². The molecule has 5 nitrogen and oxygen atoms in total. The van der Waals surface area contributed by atoms with Crippen LogP contribution in [0.15, 0.2) is 48.8 Å². The Labute approximate surface area is 130 Å². The van der Waals surface area contributed by atoms with E-state index in [0.717, 1.165) is 16.9 Å². The smallest absolute Gasteiger partial charge is 0.234 e. The molecule has 0 aliphatic carbocycles. The van der Waals surface area contributed by atoms with Gasteiger partial charge >= 0.3 is 0 Å². The molecule has 1 amide bonds. The van der Waals surface area contributed by atoms with E-state index < -0.39 is 0 Å². The Balaban J connectivity index is 1.78. The Kier molecular flexibility index (Phi) is 5.91. The van der Waals surface area contributed by atoms with Gasteiger partial charge in [-0.1, -0.05) is 18.2 Å². The summed E-state index contributed by atoms with van der Waals surface area (Å²) in [7, 11) is 3.57. The number of rotatable bonds is 7. The average Bonchev–Trinajstić information content (AvgIpc) is 2.54. The third-order valence-corrected chi connectivity index (χ3v) is 3.21. The molecule has 0 radical (unpaired) electrons. The lowest BCUT2D eigenvalue weighted by Crippen LogP contribution is -2.34. The molecule has 116 valence electrons. The van der Waals surface area contributed by atoms with Crippen LogP contribution in [0.25, 0.3) is 0 Å². The molecule has 0 bridgehead atoms. The highest BCUT2D eigenvalue weighted by atomic mass is 16.5. The van der Waals surface area contributed by atoms with Gasteiger partial charge in [-0.05, 0) is 36.4 Å². The van der Waals surface area contributed by atoms with Gasteiger partial charge in [0.2, 0.25) is 5.91 Å². The normalized spacial score (nSPS) is 10.5. The van der Waals surface area contributed by atoms with Crippen molar-refractivity contribution in [1.29, 1.82) is 0 Å². The number of likely N-dealkylation sites (N-methyl/N-ethyl adjacent to an activating group) is 1. The molecule has 0 fully saturated rings. The molecule has 0 saturated heterocycles. The topological polar surface area (TPSA) is 54.5 Å². The quantitative estimate of drug-likeness (QED) is 0.847. The van der Waals surface area contributed by atoms with Gasteiger partial charge in [0.05, 0.1) is 13.7 Å². The fraction of sp³-hybridized carbons (Fsp3) is 0.294. The summed E-state index contributed by atoms with van der Waals surface area (Å²) in [5.41, 5.74) is 2.10. The highest BCUT2D eigenvalue weighted by molar-refractivity contribution is 5.77. The zero-order chi connectivity index (χ0) is 15.8. The second-order valence-corrected chi connectivity index (χ2v) is 5.16. The van der Waals surface area contributed by atoms with Gasteiger partial charge < -0.3 is 10.1 Å². The fourth-order valence-corrected chi connectivity index (χ4v) is 2.14. The Bertz CT molecular complexity index is 602. The molecule has 0 aliphatic heterocycles. The Morgan fingerprint density at radius 1 is 1.27 bits per heavy atom. The molecule has 2 aromatic rings.